The Morgan fingerprint density at radius 1 is 0.963 bits per heavy atom. The number of hydrogen-bond donors (Lipinski definition) is 2. The number of rotatable bonds is 10. The fraction of sp³-hybridized carbons (Fsp3) is 0.435. The Morgan fingerprint density at radius 2 is 1.70 bits per heavy atom. The third-order valence-corrected chi connectivity index (χ3v) is 5.03. The molecule has 1 amide bonds. The van der Waals surface area contributed by atoms with Gasteiger partial charge in [0.2, 0.25) is 0 Å². The van der Waals surface area contributed by atoms with E-state index in [1.54, 1.807) is 0 Å². The number of ether oxygens (including phenoxy) is 1. The molecule has 2 aromatic rings. The minimum Gasteiger partial charge on any atom is -0.493 e. The van der Waals surface area contributed by atoms with Crippen LogP contribution >= 0.6 is 0 Å². The van der Waals surface area contributed by atoms with E-state index in [1.807, 2.05) is 30.3 Å². The second-order valence-electron chi connectivity index (χ2n) is 7.15. The lowest BCUT2D eigenvalue weighted by molar-refractivity contribution is -0.116. The van der Waals surface area contributed by atoms with Crippen LogP contribution in [0.4, 0.5) is 0 Å². The topological polar surface area (TPSA) is 50.4 Å². The number of carbonyl (C=O) groups is 1. The number of unbranched alkanes of at least 4 members (excludes halogenated alkanes) is 6. The lowest BCUT2D eigenvalue weighted by atomic mass is 10.0. The quantitative estimate of drug-likeness (QED) is 0.460. The van der Waals surface area contributed by atoms with Crippen molar-refractivity contribution in [3.8, 4) is 5.75 Å². The predicted molar refractivity (Wildman–Crippen MR) is 112 cm³/mol. The molecular formula is C23H30N2O2. The molecule has 0 aromatic heterocycles. The molecule has 0 aliphatic carbocycles. The van der Waals surface area contributed by atoms with E-state index in [0.717, 1.165) is 40.7 Å². The van der Waals surface area contributed by atoms with E-state index >= 15 is 0 Å². The molecule has 0 atom stereocenters. The molecule has 1 heterocycles. The molecule has 4 nitrogen and oxygen atoms in total. The first-order valence-corrected chi connectivity index (χ1v) is 10.2. The van der Waals surface area contributed by atoms with Crippen LogP contribution in [0.3, 0.4) is 0 Å². The number of carbonyl (C=O) groups excluding carboxylic acids is 1. The summed E-state index contributed by atoms with van der Waals surface area (Å²) in [4.78, 5) is 11.8. The van der Waals surface area contributed by atoms with E-state index in [0.29, 0.717) is 6.54 Å². The number of hydrazine groups is 1. The number of benzene rings is 2. The molecule has 0 unspecified atom stereocenters. The van der Waals surface area contributed by atoms with Crippen LogP contribution in [0, 0.1) is 0 Å². The van der Waals surface area contributed by atoms with Crippen molar-refractivity contribution in [2.45, 2.75) is 51.9 Å². The lowest BCUT2D eigenvalue weighted by Crippen LogP contribution is -2.25. The monoisotopic (exact) mass is 366 g/mol. The summed E-state index contributed by atoms with van der Waals surface area (Å²) in [6, 6.07) is 12.3. The number of nitrogens with one attached hydrogen (secondary N) is 2. The first-order chi connectivity index (χ1) is 13.3. The van der Waals surface area contributed by atoms with E-state index < -0.39 is 0 Å². The van der Waals surface area contributed by atoms with Gasteiger partial charge in [0.05, 0.1) is 6.61 Å². The fourth-order valence-electron chi connectivity index (χ4n) is 3.47. The molecule has 4 heteroatoms. The molecule has 2 N–H and O–H groups in total. The molecule has 1 saturated heterocycles. The van der Waals surface area contributed by atoms with Crippen LogP contribution in [0.1, 0.15) is 57.4 Å². The van der Waals surface area contributed by atoms with Crippen LogP contribution in [0.2, 0.25) is 0 Å². The number of fused-ring (bicyclic) bond motifs is 1. The molecule has 144 valence electrons. The maximum Gasteiger partial charge on any atom is 0.262 e. The van der Waals surface area contributed by atoms with Crippen molar-refractivity contribution < 1.29 is 9.53 Å². The summed E-state index contributed by atoms with van der Waals surface area (Å²) in [6.07, 6.45) is 10.9. The minimum absolute atomic E-state index is 0.0571. The summed E-state index contributed by atoms with van der Waals surface area (Å²) in [5, 5.41) is 2.21. The Hall–Kier alpha value is -2.33. The second-order valence-corrected chi connectivity index (χ2v) is 7.15. The van der Waals surface area contributed by atoms with Gasteiger partial charge in [-0.1, -0.05) is 75.8 Å². The summed E-state index contributed by atoms with van der Waals surface area (Å²) in [7, 11) is 0. The average molecular weight is 367 g/mol. The highest BCUT2D eigenvalue weighted by atomic mass is 16.5. The molecule has 0 saturated carbocycles. The van der Waals surface area contributed by atoms with Gasteiger partial charge in [-0.15, -0.1) is 0 Å². The van der Waals surface area contributed by atoms with Gasteiger partial charge in [-0.3, -0.25) is 10.2 Å². The van der Waals surface area contributed by atoms with E-state index in [2.05, 4.69) is 29.9 Å². The summed E-state index contributed by atoms with van der Waals surface area (Å²) in [5.41, 5.74) is 7.28. The van der Waals surface area contributed by atoms with Crippen molar-refractivity contribution in [3.05, 3.63) is 47.5 Å². The Morgan fingerprint density at radius 3 is 2.44 bits per heavy atom. The molecule has 3 rings (SSSR count). The van der Waals surface area contributed by atoms with Crippen LogP contribution < -0.4 is 15.6 Å². The number of hydrogen-bond acceptors (Lipinski definition) is 3. The van der Waals surface area contributed by atoms with Crippen molar-refractivity contribution in [1.82, 2.24) is 10.9 Å². The van der Waals surface area contributed by atoms with Gasteiger partial charge >= 0.3 is 0 Å². The van der Waals surface area contributed by atoms with E-state index in [9.17, 15) is 4.79 Å². The first-order valence-electron chi connectivity index (χ1n) is 10.2. The molecule has 0 radical (unpaired) electrons. The van der Waals surface area contributed by atoms with E-state index in [1.165, 1.54) is 38.5 Å². The Bertz CT molecular complexity index is 798. The lowest BCUT2D eigenvalue weighted by Gasteiger charge is -2.11. The zero-order valence-electron chi connectivity index (χ0n) is 16.2. The smallest absolute Gasteiger partial charge is 0.262 e. The van der Waals surface area contributed by atoms with Gasteiger partial charge in [0.25, 0.3) is 5.91 Å². The predicted octanol–water partition coefficient (Wildman–Crippen LogP) is 4.99. The van der Waals surface area contributed by atoms with Gasteiger partial charge in [0, 0.05) is 17.5 Å². The zero-order chi connectivity index (χ0) is 18.9. The van der Waals surface area contributed by atoms with Gasteiger partial charge < -0.3 is 4.74 Å². The molecular weight excluding hydrogens is 336 g/mol. The summed E-state index contributed by atoms with van der Waals surface area (Å²) >= 11 is 0. The first kappa shape index (κ1) is 19.4. The molecule has 1 fully saturated rings. The minimum atomic E-state index is -0.0571. The van der Waals surface area contributed by atoms with Crippen molar-refractivity contribution in [2.75, 3.05) is 13.2 Å². The fourth-order valence-corrected chi connectivity index (χ4v) is 3.47. The van der Waals surface area contributed by atoms with Crippen molar-refractivity contribution >= 4 is 22.8 Å². The van der Waals surface area contributed by atoms with E-state index in [-0.39, 0.29) is 5.91 Å². The SMILES string of the molecule is CCCCCCCCCOc1ccc(/C=C2\CNNC2=O)c2ccccc12. The van der Waals surface area contributed by atoms with Crippen LogP contribution in [-0.2, 0) is 4.79 Å². The zero-order valence-corrected chi connectivity index (χ0v) is 16.2. The third-order valence-electron chi connectivity index (χ3n) is 5.03. The van der Waals surface area contributed by atoms with Gasteiger partial charge in [0.15, 0.2) is 0 Å². The maximum atomic E-state index is 11.8. The molecule has 2 aromatic carbocycles. The molecule has 1 aliphatic rings. The Kier molecular flexibility index (Phi) is 7.28. The van der Waals surface area contributed by atoms with Crippen molar-refractivity contribution in [2.24, 2.45) is 0 Å². The van der Waals surface area contributed by atoms with Crippen LogP contribution in [-0.4, -0.2) is 19.1 Å². The second kappa shape index (κ2) is 10.1. The Labute approximate surface area is 162 Å². The highest BCUT2D eigenvalue weighted by molar-refractivity contribution is 6.03. The van der Waals surface area contributed by atoms with Crippen LogP contribution in [0.5, 0.6) is 5.75 Å². The molecule has 27 heavy (non-hydrogen) atoms. The van der Waals surface area contributed by atoms with Crippen molar-refractivity contribution in [3.63, 3.8) is 0 Å². The summed E-state index contributed by atoms with van der Waals surface area (Å²) in [5.74, 6) is 0.867. The van der Waals surface area contributed by atoms with Gasteiger partial charge in [-0.05, 0) is 29.5 Å². The highest BCUT2D eigenvalue weighted by Gasteiger charge is 2.16. The number of amides is 1. The van der Waals surface area contributed by atoms with Crippen molar-refractivity contribution in [1.29, 1.82) is 0 Å². The largest absolute Gasteiger partial charge is 0.493 e. The third kappa shape index (κ3) is 5.33. The molecule has 0 spiro atoms. The van der Waals surface area contributed by atoms with Gasteiger partial charge in [-0.2, -0.15) is 0 Å². The maximum absolute atomic E-state index is 11.8. The van der Waals surface area contributed by atoms with Gasteiger partial charge in [0.1, 0.15) is 5.75 Å². The molecule has 1 aliphatic heterocycles. The molecule has 0 bridgehead atoms. The van der Waals surface area contributed by atoms with E-state index in [4.69, 9.17) is 4.74 Å². The Balaban J connectivity index is 1.62. The summed E-state index contributed by atoms with van der Waals surface area (Å²) < 4.78 is 6.08. The highest BCUT2D eigenvalue weighted by Crippen LogP contribution is 2.30. The summed E-state index contributed by atoms with van der Waals surface area (Å²) in [6.45, 7) is 3.55. The normalized spacial score (nSPS) is 15.4. The van der Waals surface area contributed by atoms with Crippen LogP contribution in [0.25, 0.3) is 16.8 Å². The van der Waals surface area contributed by atoms with Crippen LogP contribution in [0.15, 0.2) is 42.0 Å². The average Bonchev–Trinajstić information content (AvgIpc) is 3.10. The standard InChI is InChI=1S/C23H30N2O2/c1-2-3-4-5-6-7-10-15-27-22-14-13-18(16-19-17-24-25-23(19)26)20-11-8-9-12-21(20)22/h8-9,11-14,16,24H,2-7,10,15,17H2,1H3,(H,25,26)/b19-16+. The van der Waals surface area contributed by atoms with Gasteiger partial charge in [-0.25, -0.2) is 5.43 Å².